The van der Waals surface area contributed by atoms with E-state index in [2.05, 4.69) is 0 Å². The predicted octanol–water partition coefficient (Wildman–Crippen LogP) is 3.30. The van der Waals surface area contributed by atoms with Crippen LogP contribution in [0.5, 0.6) is 11.5 Å². The second-order valence-electron chi connectivity index (χ2n) is 6.80. The van der Waals surface area contributed by atoms with Crippen LogP contribution in [0.3, 0.4) is 0 Å². The van der Waals surface area contributed by atoms with Crippen LogP contribution < -0.4 is 9.47 Å². The third-order valence-electron chi connectivity index (χ3n) is 4.95. The number of rotatable bonds is 8. The SMILES string of the molecule is COC(=O)C(C)CN(C(=O)/C=C/c1ccc(OC)c(OC)c1)C1CCCC1. The van der Waals surface area contributed by atoms with Crippen LogP contribution >= 0.6 is 0 Å². The zero-order valence-electron chi connectivity index (χ0n) is 16.6. The average molecular weight is 375 g/mol. The van der Waals surface area contributed by atoms with E-state index >= 15 is 0 Å². The molecule has 0 N–H and O–H groups in total. The van der Waals surface area contributed by atoms with E-state index in [0.717, 1.165) is 31.2 Å². The summed E-state index contributed by atoms with van der Waals surface area (Å²) in [6.45, 7) is 2.16. The van der Waals surface area contributed by atoms with Crippen LogP contribution in [0.1, 0.15) is 38.2 Å². The van der Waals surface area contributed by atoms with Gasteiger partial charge in [0.15, 0.2) is 11.5 Å². The Kier molecular flexibility index (Phi) is 7.70. The molecule has 0 saturated heterocycles. The lowest BCUT2D eigenvalue weighted by Crippen LogP contribution is -2.42. The molecule has 1 aliphatic carbocycles. The average Bonchev–Trinajstić information content (AvgIpc) is 3.23. The number of amides is 1. The van der Waals surface area contributed by atoms with Crippen molar-refractivity contribution in [1.82, 2.24) is 4.90 Å². The van der Waals surface area contributed by atoms with Crippen molar-refractivity contribution < 1.29 is 23.8 Å². The van der Waals surface area contributed by atoms with Gasteiger partial charge in [-0.25, -0.2) is 0 Å². The summed E-state index contributed by atoms with van der Waals surface area (Å²) in [6, 6.07) is 5.67. The molecule has 1 amide bonds. The number of nitrogens with zero attached hydrogens (tertiary/aromatic N) is 1. The van der Waals surface area contributed by atoms with Gasteiger partial charge in [-0.3, -0.25) is 9.59 Å². The van der Waals surface area contributed by atoms with E-state index in [1.54, 1.807) is 39.4 Å². The minimum absolute atomic E-state index is 0.0903. The van der Waals surface area contributed by atoms with Crippen LogP contribution in [0.2, 0.25) is 0 Å². The molecule has 1 aliphatic rings. The number of methoxy groups -OCH3 is 3. The highest BCUT2D eigenvalue weighted by atomic mass is 16.5. The molecule has 0 aromatic heterocycles. The van der Waals surface area contributed by atoms with Crippen LogP contribution in [-0.2, 0) is 14.3 Å². The van der Waals surface area contributed by atoms with Crippen LogP contribution in [0.25, 0.3) is 6.08 Å². The Morgan fingerprint density at radius 3 is 2.41 bits per heavy atom. The fourth-order valence-electron chi connectivity index (χ4n) is 3.43. The van der Waals surface area contributed by atoms with Crippen molar-refractivity contribution in [2.75, 3.05) is 27.9 Å². The summed E-state index contributed by atoms with van der Waals surface area (Å²) in [5, 5.41) is 0. The molecule has 0 heterocycles. The van der Waals surface area contributed by atoms with Gasteiger partial charge >= 0.3 is 5.97 Å². The van der Waals surface area contributed by atoms with Crippen LogP contribution in [0.15, 0.2) is 24.3 Å². The molecule has 1 unspecified atom stereocenters. The molecule has 2 rings (SSSR count). The number of esters is 1. The van der Waals surface area contributed by atoms with E-state index in [-0.39, 0.29) is 23.8 Å². The maximum atomic E-state index is 12.9. The van der Waals surface area contributed by atoms with Gasteiger partial charge in [0.1, 0.15) is 0 Å². The normalized spacial score (nSPS) is 15.6. The van der Waals surface area contributed by atoms with Gasteiger partial charge < -0.3 is 19.1 Å². The van der Waals surface area contributed by atoms with Gasteiger partial charge in [-0.2, -0.15) is 0 Å². The van der Waals surface area contributed by atoms with Gasteiger partial charge in [-0.1, -0.05) is 25.8 Å². The smallest absolute Gasteiger partial charge is 0.310 e. The summed E-state index contributed by atoms with van der Waals surface area (Å²) in [6.07, 6.45) is 7.49. The van der Waals surface area contributed by atoms with Crippen molar-refractivity contribution in [3.8, 4) is 11.5 Å². The quantitative estimate of drug-likeness (QED) is 0.515. The highest BCUT2D eigenvalue weighted by molar-refractivity contribution is 5.92. The summed E-state index contributed by atoms with van der Waals surface area (Å²) in [4.78, 5) is 26.5. The number of ether oxygens (including phenoxy) is 3. The lowest BCUT2D eigenvalue weighted by molar-refractivity contribution is -0.146. The molecular weight excluding hydrogens is 346 g/mol. The molecule has 6 nitrogen and oxygen atoms in total. The molecule has 0 bridgehead atoms. The van der Waals surface area contributed by atoms with Crippen molar-refractivity contribution in [1.29, 1.82) is 0 Å². The number of carbonyl (C=O) groups is 2. The predicted molar refractivity (Wildman–Crippen MR) is 104 cm³/mol. The summed E-state index contributed by atoms with van der Waals surface area (Å²) in [5.74, 6) is 0.510. The molecule has 0 aliphatic heterocycles. The van der Waals surface area contributed by atoms with Crippen LogP contribution in [0.4, 0.5) is 0 Å². The molecule has 1 fully saturated rings. The standard InChI is InChI=1S/C21H29NO5/c1-15(21(24)27-4)14-22(17-7-5-6-8-17)20(23)12-10-16-9-11-18(25-2)19(13-16)26-3/h9-13,15,17H,5-8,14H2,1-4H3/b12-10+. The molecular formula is C21H29NO5. The maximum Gasteiger partial charge on any atom is 0.310 e. The maximum absolute atomic E-state index is 12.9. The van der Waals surface area contributed by atoms with Crippen LogP contribution in [-0.4, -0.2) is 50.7 Å². The number of hydrogen-bond donors (Lipinski definition) is 0. The zero-order chi connectivity index (χ0) is 19.8. The van der Waals surface area contributed by atoms with Gasteiger partial charge in [-0.05, 0) is 36.6 Å². The van der Waals surface area contributed by atoms with Gasteiger partial charge in [-0.15, -0.1) is 0 Å². The lowest BCUT2D eigenvalue weighted by atomic mass is 10.1. The van der Waals surface area contributed by atoms with Gasteiger partial charge in [0.05, 0.1) is 27.2 Å². The van der Waals surface area contributed by atoms with Crippen molar-refractivity contribution in [2.45, 2.75) is 38.6 Å². The minimum Gasteiger partial charge on any atom is -0.493 e. The number of benzene rings is 1. The third kappa shape index (κ3) is 5.49. The van der Waals surface area contributed by atoms with E-state index in [0.29, 0.717) is 18.0 Å². The number of hydrogen-bond acceptors (Lipinski definition) is 5. The fourth-order valence-corrected chi connectivity index (χ4v) is 3.43. The highest BCUT2D eigenvalue weighted by Gasteiger charge is 2.28. The van der Waals surface area contributed by atoms with Crippen molar-refractivity contribution in [3.05, 3.63) is 29.8 Å². The summed E-state index contributed by atoms with van der Waals surface area (Å²) < 4.78 is 15.3. The largest absolute Gasteiger partial charge is 0.493 e. The monoisotopic (exact) mass is 375 g/mol. The number of carbonyl (C=O) groups excluding carboxylic acids is 2. The zero-order valence-corrected chi connectivity index (χ0v) is 16.6. The highest BCUT2D eigenvalue weighted by Crippen LogP contribution is 2.28. The molecule has 27 heavy (non-hydrogen) atoms. The minimum atomic E-state index is -0.353. The van der Waals surface area contributed by atoms with Gasteiger partial charge in [0.25, 0.3) is 0 Å². The Morgan fingerprint density at radius 1 is 1.15 bits per heavy atom. The Hall–Kier alpha value is -2.50. The molecule has 1 aromatic carbocycles. The summed E-state index contributed by atoms with van der Waals surface area (Å²) in [5.41, 5.74) is 0.841. The van der Waals surface area contributed by atoms with E-state index in [1.807, 2.05) is 17.0 Å². The first kappa shape index (κ1) is 20.8. The van der Waals surface area contributed by atoms with E-state index in [1.165, 1.54) is 7.11 Å². The molecule has 0 spiro atoms. The molecule has 1 aromatic rings. The second kappa shape index (κ2) is 10.00. The first-order chi connectivity index (χ1) is 13.0. The topological polar surface area (TPSA) is 65.1 Å². The van der Waals surface area contributed by atoms with E-state index < -0.39 is 0 Å². The van der Waals surface area contributed by atoms with Crippen molar-refractivity contribution >= 4 is 18.0 Å². The summed E-state index contributed by atoms with van der Waals surface area (Å²) in [7, 11) is 4.53. The third-order valence-corrected chi connectivity index (χ3v) is 4.95. The van der Waals surface area contributed by atoms with E-state index in [4.69, 9.17) is 14.2 Å². The first-order valence-corrected chi connectivity index (χ1v) is 9.28. The lowest BCUT2D eigenvalue weighted by Gasteiger charge is -2.29. The molecule has 6 heteroatoms. The van der Waals surface area contributed by atoms with Gasteiger partial charge in [0.2, 0.25) is 5.91 Å². The second-order valence-corrected chi connectivity index (χ2v) is 6.80. The Bertz CT molecular complexity index is 679. The molecule has 0 radical (unpaired) electrons. The Balaban J connectivity index is 2.14. The Labute approximate surface area is 161 Å². The van der Waals surface area contributed by atoms with Crippen LogP contribution in [0, 0.1) is 5.92 Å². The fraction of sp³-hybridized carbons (Fsp3) is 0.524. The molecule has 1 saturated carbocycles. The van der Waals surface area contributed by atoms with Crippen molar-refractivity contribution in [2.24, 2.45) is 5.92 Å². The first-order valence-electron chi connectivity index (χ1n) is 9.28. The molecule has 148 valence electrons. The Morgan fingerprint density at radius 2 is 1.81 bits per heavy atom. The van der Waals surface area contributed by atoms with Crippen molar-refractivity contribution in [3.63, 3.8) is 0 Å². The van der Waals surface area contributed by atoms with Gasteiger partial charge in [0, 0.05) is 18.7 Å². The van der Waals surface area contributed by atoms with E-state index in [9.17, 15) is 9.59 Å². The molecule has 1 atom stereocenters. The summed E-state index contributed by atoms with van der Waals surface area (Å²) >= 11 is 0.